The smallest absolute Gasteiger partial charge is 0.426 e. The van der Waals surface area contributed by atoms with Gasteiger partial charge in [0.15, 0.2) is 0 Å². The van der Waals surface area contributed by atoms with Crippen LogP contribution < -0.4 is 0 Å². The molecule has 3 N–H and O–H groups in total. The number of amides is 1. The van der Waals surface area contributed by atoms with E-state index in [0.717, 1.165) is 6.26 Å². The molecule has 0 aromatic heterocycles. The van der Waals surface area contributed by atoms with Crippen LogP contribution >= 0.6 is 0 Å². The molecule has 18 heavy (non-hydrogen) atoms. The summed E-state index contributed by atoms with van der Waals surface area (Å²) in [5, 5.41) is 27.7. The first-order valence-corrected chi connectivity index (χ1v) is 5.46. The topological polar surface area (TPSA) is 90.2 Å². The molecule has 0 aliphatic carbocycles. The summed E-state index contributed by atoms with van der Waals surface area (Å²) in [6.45, 7) is 3.11. The van der Waals surface area contributed by atoms with Crippen molar-refractivity contribution in [1.82, 2.24) is 4.90 Å². The standard InChI is InChI=1S/C11H20BNO5/c1-11(2,15)7-5-9(12(16)17)6-8-18-10(14)13(3)4/h5-9,15-17H,1-4H3/b7-5+,8-6+. The van der Waals surface area contributed by atoms with Crippen molar-refractivity contribution in [3.05, 3.63) is 24.5 Å². The molecular weight excluding hydrogens is 237 g/mol. The second-order valence-electron chi connectivity index (χ2n) is 4.61. The van der Waals surface area contributed by atoms with Crippen molar-refractivity contribution >= 4 is 13.2 Å². The Balaban J connectivity index is 4.51. The normalized spacial score (nSPS) is 13.9. The number of nitrogens with zero attached hydrogens (tertiary/aromatic N) is 1. The van der Waals surface area contributed by atoms with E-state index in [9.17, 15) is 9.90 Å². The van der Waals surface area contributed by atoms with Gasteiger partial charge in [-0.25, -0.2) is 4.79 Å². The SMILES string of the molecule is CN(C)C(=O)O/C=C/C(/C=C/C(C)(C)O)B(O)O. The Morgan fingerprint density at radius 1 is 1.33 bits per heavy atom. The highest BCUT2D eigenvalue weighted by Crippen LogP contribution is 2.14. The van der Waals surface area contributed by atoms with Crippen molar-refractivity contribution in [2.45, 2.75) is 25.3 Å². The second-order valence-corrected chi connectivity index (χ2v) is 4.61. The summed E-state index contributed by atoms with van der Waals surface area (Å²) in [5.41, 5.74) is -1.05. The number of allylic oxidation sites excluding steroid dienone is 2. The summed E-state index contributed by atoms with van der Waals surface area (Å²) >= 11 is 0. The maximum Gasteiger partial charge on any atom is 0.462 e. The molecular formula is C11H20BNO5. The van der Waals surface area contributed by atoms with Gasteiger partial charge in [-0.15, -0.1) is 0 Å². The molecule has 1 atom stereocenters. The van der Waals surface area contributed by atoms with Gasteiger partial charge in [0.1, 0.15) is 0 Å². The zero-order chi connectivity index (χ0) is 14.3. The molecule has 0 spiro atoms. The maximum atomic E-state index is 11.1. The minimum absolute atomic E-state index is 0.566. The van der Waals surface area contributed by atoms with Crippen molar-refractivity contribution in [1.29, 1.82) is 0 Å². The number of hydrogen-bond acceptors (Lipinski definition) is 5. The Bertz CT molecular complexity index is 320. The van der Waals surface area contributed by atoms with Crippen LogP contribution in [0, 0.1) is 0 Å². The fraction of sp³-hybridized carbons (Fsp3) is 0.545. The van der Waals surface area contributed by atoms with Gasteiger partial charge in [0.25, 0.3) is 0 Å². The maximum absolute atomic E-state index is 11.1. The third-order valence-corrected chi connectivity index (χ3v) is 1.91. The van der Waals surface area contributed by atoms with Crippen LogP contribution in [0.1, 0.15) is 13.8 Å². The van der Waals surface area contributed by atoms with E-state index in [4.69, 9.17) is 14.8 Å². The molecule has 0 heterocycles. The zero-order valence-corrected chi connectivity index (χ0v) is 11.1. The van der Waals surface area contributed by atoms with E-state index < -0.39 is 24.6 Å². The summed E-state index contributed by atoms with van der Waals surface area (Å²) in [6.07, 6.45) is 4.68. The van der Waals surface area contributed by atoms with Crippen LogP contribution in [-0.2, 0) is 4.74 Å². The third kappa shape index (κ3) is 7.89. The summed E-state index contributed by atoms with van der Waals surface area (Å²) in [4.78, 5) is 12.3. The fourth-order valence-electron chi connectivity index (χ4n) is 0.903. The van der Waals surface area contributed by atoms with Crippen LogP contribution in [0.2, 0.25) is 5.82 Å². The van der Waals surface area contributed by atoms with E-state index in [1.165, 1.54) is 37.2 Å². The number of aliphatic hydroxyl groups is 1. The Kier molecular flexibility index (Phi) is 6.68. The number of hydrogen-bond donors (Lipinski definition) is 3. The highest BCUT2D eigenvalue weighted by atomic mass is 16.5. The van der Waals surface area contributed by atoms with Gasteiger partial charge < -0.3 is 24.8 Å². The van der Waals surface area contributed by atoms with E-state index >= 15 is 0 Å². The number of rotatable bonds is 5. The Labute approximate surface area is 107 Å². The van der Waals surface area contributed by atoms with Crippen LogP contribution in [0.4, 0.5) is 4.79 Å². The molecule has 0 aliphatic rings. The number of carbonyl (C=O) groups excluding carboxylic acids is 1. The number of ether oxygens (including phenoxy) is 1. The van der Waals surface area contributed by atoms with E-state index in [2.05, 4.69) is 0 Å². The Morgan fingerprint density at radius 3 is 2.28 bits per heavy atom. The monoisotopic (exact) mass is 257 g/mol. The lowest BCUT2D eigenvalue weighted by Crippen LogP contribution is -2.21. The highest BCUT2D eigenvalue weighted by Gasteiger charge is 2.19. The van der Waals surface area contributed by atoms with Crippen LogP contribution in [0.15, 0.2) is 24.5 Å². The predicted molar refractivity (Wildman–Crippen MR) is 68.7 cm³/mol. The molecule has 7 heteroatoms. The average Bonchev–Trinajstić information content (AvgIpc) is 2.20. The quantitative estimate of drug-likeness (QED) is 0.376. The molecule has 6 nitrogen and oxygen atoms in total. The zero-order valence-electron chi connectivity index (χ0n) is 11.1. The van der Waals surface area contributed by atoms with E-state index in [1.54, 1.807) is 13.8 Å². The molecule has 0 saturated heterocycles. The molecule has 0 rings (SSSR count). The van der Waals surface area contributed by atoms with Crippen molar-refractivity contribution < 1.29 is 24.7 Å². The summed E-state index contributed by atoms with van der Waals surface area (Å²) in [5.74, 6) is -0.772. The lowest BCUT2D eigenvalue weighted by atomic mass is 9.72. The van der Waals surface area contributed by atoms with Crippen LogP contribution in [0.3, 0.4) is 0 Å². The first-order valence-electron chi connectivity index (χ1n) is 5.46. The molecule has 0 aromatic rings. The first kappa shape index (κ1) is 16.7. The number of carbonyl (C=O) groups is 1. The fourth-order valence-corrected chi connectivity index (χ4v) is 0.903. The molecule has 0 saturated carbocycles. The second kappa shape index (κ2) is 7.20. The average molecular weight is 257 g/mol. The highest BCUT2D eigenvalue weighted by molar-refractivity contribution is 6.44. The summed E-state index contributed by atoms with van der Waals surface area (Å²) < 4.78 is 4.70. The molecule has 0 bridgehead atoms. The Hall–Kier alpha value is -1.31. The lowest BCUT2D eigenvalue weighted by Gasteiger charge is -2.13. The molecule has 0 radical (unpaired) electrons. The van der Waals surface area contributed by atoms with Crippen molar-refractivity contribution in [2.24, 2.45) is 0 Å². The van der Waals surface area contributed by atoms with Crippen LogP contribution in [0.5, 0.6) is 0 Å². The van der Waals surface area contributed by atoms with Crippen LogP contribution in [0.25, 0.3) is 0 Å². The molecule has 0 aliphatic heterocycles. The van der Waals surface area contributed by atoms with E-state index in [1.807, 2.05) is 0 Å². The van der Waals surface area contributed by atoms with Gasteiger partial charge >= 0.3 is 13.2 Å². The minimum atomic E-state index is -1.64. The van der Waals surface area contributed by atoms with Gasteiger partial charge in [-0.1, -0.05) is 12.2 Å². The lowest BCUT2D eigenvalue weighted by molar-refractivity contribution is 0.133. The van der Waals surface area contributed by atoms with Crippen molar-refractivity contribution in [2.75, 3.05) is 14.1 Å². The molecule has 0 aromatic carbocycles. The van der Waals surface area contributed by atoms with Gasteiger partial charge in [0.05, 0.1) is 11.9 Å². The molecule has 1 unspecified atom stereocenters. The predicted octanol–water partition coefficient (Wildman–Crippen LogP) is 0.368. The largest absolute Gasteiger partial charge is 0.462 e. The van der Waals surface area contributed by atoms with Gasteiger partial charge in [-0.05, 0) is 19.9 Å². The Morgan fingerprint density at radius 2 is 1.89 bits per heavy atom. The van der Waals surface area contributed by atoms with E-state index in [0.29, 0.717) is 0 Å². The molecule has 102 valence electrons. The summed E-state index contributed by atoms with van der Waals surface area (Å²) in [7, 11) is 1.42. The van der Waals surface area contributed by atoms with Gasteiger partial charge in [-0.2, -0.15) is 0 Å². The summed E-state index contributed by atoms with van der Waals surface area (Å²) in [6, 6.07) is 0. The van der Waals surface area contributed by atoms with Gasteiger partial charge in [0, 0.05) is 19.9 Å². The van der Waals surface area contributed by atoms with Crippen molar-refractivity contribution in [3.63, 3.8) is 0 Å². The van der Waals surface area contributed by atoms with E-state index in [-0.39, 0.29) is 0 Å². The third-order valence-electron chi connectivity index (χ3n) is 1.91. The van der Waals surface area contributed by atoms with Gasteiger partial charge in [0.2, 0.25) is 0 Å². The minimum Gasteiger partial charge on any atom is -0.426 e. The van der Waals surface area contributed by atoms with Crippen molar-refractivity contribution in [3.8, 4) is 0 Å². The molecule has 0 fully saturated rings. The van der Waals surface area contributed by atoms with Gasteiger partial charge in [-0.3, -0.25) is 0 Å². The first-order chi connectivity index (χ1) is 8.13. The van der Waals surface area contributed by atoms with Crippen LogP contribution in [-0.4, -0.2) is 53.0 Å². The molecule has 1 amide bonds.